The van der Waals surface area contributed by atoms with Crippen LogP contribution >= 0.6 is 0 Å². The molecular formula is C19H44N6O10+4. The molecule has 0 unspecified atom stereocenters. The predicted molar refractivity (Wildman–Crippen MR) is 113 cm³/mol. The van der Waals surface area contributed by atoms with Crippen molar-refractivity contribution in [1.82, 2.24) is 0 Å². The lowest BCUT2D eigenvalue weighted by Gasteiger charge is -2.45. The van der Waals surface area contributed by atoms with Crippen molar-refractivity contribution in [3.63, 3.8) is 0 Å². The lowest BCUT2D eigenvalue weighted by Crippen LogP contribution is -2.96. The molecule has 1 aliphatic carbocycles. The molecule has 16 nitrogen and oxygen atoms in total. The summed E-state index contributed by atoms with van der Waals surface area (Å²) in [6.45, 7) is 1.02. The summed E-state index contributed by atoms with van der Waals surface area (Å²) in [5.74, 6) is 4.25. The zero-order valence-corrected chi connectivity index (χ0v) is 20.2. The molecule has 3 rings (SSSR count). The molecule has 3 fully saturated rings. The summed E-state index contributed by atoms with van der Waals surface area (Å²) in [5, 5.41) is 65.8. The molecule has 0 aromatic rings. The Morgan fingerprint density at radius 1 is 1.09 bits per heavy atom. The standard InChI is InChI=1S/C19H37N3O10.H3N3/c1-19(28)6-29-18(14(27)16(19)22-2)32-15-7(20)3-4-8(12(15)25)30-17-10(21)13(26)11(24)9(5-23)31-17;1-3-2/h7-18,22-28H,3-6,20-21H2,1-2H3;(H3,1,2)/p+4/t7-,8-,9-,10-,11-,12+,13-,14-,15+,16-,17+,18-,19+;/m1./s1. The molecule has 0 aromatic heterocycles. The van der Waals surface area contributed by atoms with Crippen molar-refractivity contribution < 1.29 is 71.9 Å². The SMILES string of the molecule is C[NH2+][C@@H]1[C@@H](O)[C@@H](O[C@@H]2[C@@H](O)[C@H](O[C@H]3O[C@H](CO)[C@@H](O)[C@H](O)[C@H]3[NH3+])CC[C@H]2[NH3+])OC[C@]1(C)O.NN=[NH2+]. The van der Waals surface area contributed by atoms with Crippen LogP contribution in [0.15, 0.2) is 5.22 Å². The van der Waals surface area contributed by atoms with Crippen LogP contribution in [-0.2, 0) is 18.9 Å². The fourth-order valence-corrected chi connectivity index (χ4v) is 4.80. The average molecular weight is 517 g/mol. The minimum absolute atomic E-state index is 0.0455. The molecule has 0 bridgehead atoms. The van der Waals surface area contributed by atoms with Crippen molar-refractivity contribution in [1.29, 1.82) is 0 Å². The summed E-state index contributed by atoms with van der Waals surface area (Å²) in [4.78, 5) is 0. The van der Waals surface area contributed by atoms with Crippen LogP contribution in [0.1, 0.15) is 19.8 Å². The monoisotopic (exact) mass is 516 g/mol. The van der Waals surface area contributed by atoms with Gasteiger partial charge < -0.3 is 66.4 Å². The van der Waals surface area contributed by atoms with Crippen LogP contribution in [0.2, 0.25) is 0 Å². The maximum absolute atomic E-state index is 11.0. The van der Waals surface area contributed by atoms with Gasteiger partial charge in [-0.15, -0.1) is 0 Å². The highest BCUT2D eigenvalue weighted by molar-refractivity contribution is 4.95. The van der Waals surface area contributed by atoms with Gasteiger partial charge in [0.1, 0.15) is 48.2 Å². The first kappa shape index (κ1) is 30.1. The van der Waals surface area contributed by atoms with Crippen LogP contribution in [0.3, 0.4) is 0 Å². The lowest BCUT2D eigenvalue weighted by atomic mass is 9.87. The third kappa shape index (κ3) is 6.80. The van der Waals surface area contributed by atoms with Crippen LogP contribution in [-0.4, -0.2) is 130 Å². The second-order valence-electron chi connectivity index (χ2n) is 9.51. The number of nitrogens with zero attached hydrogens (tertiary/aromatic N) is 1. The number of quaternary nitrogens is 3. The van der Waals surface area contributed by atoms with Gasteiger partial charge in [0.25, 0.3) is 0 Å². The molecule has 2 heterocycles. The maximum atomic E-state index is 11.0. The topological polar surface area (TPSA) is 294 Å². The molecule has 0 spiro atoms. The molecule has 1 saturated carbocycles. The van der Waals surface area contributed by atoms with Gasteiger partial charge >= 0.3 is 0 Å². The molecular weight excluding hydrogens is 472 g/mol. The average Bonchev–Trinajstić information content (AvgIpc) is 2.80. The second kappa shape index (κ2) is 12.9. The Bertz CT molecular complexity index is 664. The summed E-state index contributed by atoms with van der Waals surface area (Å²) >= 11 is 0. The smallest absolute Gasteiger partial charge is 0.213 e. The second-order valence-corrected chi connectivity index (χ2v) is 9.51. The third-order valence-corrected chi connectivity index (χ3v) is 6.88. The van der Waals surface area contributed by atoms with E-state index in [1.54, 1.807) is 19.3 Å². The molecule has 13 atom stereocenters. The Hall–Kier alpha value is -1.12. The molecule has 206 valence electrons. The molecule has 18 N–H and O–H groups in total. The maximum Gasteiger partial charge on any atom is 0.213 e. The number of aliphatic hydroxyl groups excluding tert-OH is 5. The van der Waals surface area contributed by atoms with Crippen molar-refractivity contribution in [2.24, 2.45) is 11.1 Å². The van der Waals surface area contributed by atoms with Gasteiger partial charge in [-0.25, -0.2) is 0 Å². The van der Waals surface area contributed by atoms with E-state index in [0.29, 0.717) is 12.8 Å². The van der Waals surface area contributed by atoms with E-state index >= 15 is 0 Å². The molecule has 16 heteroatoms. The van der Waals surface area contributed by atoms with E-state index in [1.165, 1.54) is 0 Å². The van der Waals surface area contributed by atoms with E-state index in [4.69, 9.17) is 18.9 Å². The largest absolute Gasteiger partial charge is 0.394 e. The Labute approximate surface area is 202 Å². The normalized spacial score (nSPS) is 48.5. The van der Waals surface area contributed by atoms with Crippen LogP contribution in [0.4, 0.5) is 0 Å². The number of rotatable bonds is 6. The number of ether oxygens (including phenoxy) is 4. The summed E-state index contributed by atoms with van der Waals surface area (Å²) in [5.41, 5.74) is 10.8. The summed E-state index contributed by atoms with van der Waals surface area (Å²) < 4.78 is 22.9. The van der Waals surface area contributed by atoms with Crippen molar-refractivity contribution in [2.45, 2.75) is 98.8 Å². The Kier molecular flexibility index (Phi) is 11.1. The van der Waals surface area contributed by atoms with Gasteiger partial charge in [0.05, 0.1) is 31.6 Å². The molecule has 0 amide bonds. The van der Waals surface area contributed by atoms with Gasteiger partial charge in [0.15, 0.2) is 18.4 Å². The minimum atomic E-state index is -1.30. The number of hydrogen-bond acceptors (Lipinski definition) is 11. The van der Waals surface area contributed by atoms with Crippen LogP contribution in [0.5, 0.6) is 0 Å². The van der Waals surface area contributed by atoms with E-state index < -0.39 is 79.6 Å². The fraction of sp³-hybridized carbons (Fsp3) is 1.00. The Morgan fingerprint density at radius 3 is 2.29 bits per heavy atom. The third-order valence-electron chi connectivity index (χ3n) is 6.88. The van der Waals surface area contributed by atoms with Crippen LogP contribution < -0.4 is 28.2 Å². The van der Waals surface area contributed by atoms with Gasteiger partial charge in [0, 0.05) is 6.42 Å². The molecule has 0 aromatic carbocycles. The number of likely N-dealkylation sites (N-methyl/N-ethyl adjacent to an activating group) is 1. The van der Waals surface area contributed by atoms with E-state index in [2.05, 4.69) is 28.1 Å². The van der Waals surface area contributed by atoms with Gasteiger partial charge in [-0.05, 0) is 13.3 Å². The molecule has 3 aliphatic rings. The minimum Gasteiger partial charge on any atom is -0.394 e. The zero-order valence-electron chi connectivity index (χ0n) is 20.2. The number of aliphatic hydroxyl groups is 6. The first-order valence-corrected chi connectivity index (χ1v) is 11.6. The van der Waals surface area contributed by atoms with Crippen LogP contribution in [0, 0.1) is 0 Å². The first-order chi connectivity index (χ1) is 16.4. The van der Waals surface area contributed by atoms with Crippen molar-refractivity contribution >= 4 is 0 Å². The summed E-state index contributed by atoms with van der Waals surface area (Å²) in [6.07, 6.45) is -8.64. The first-order valence-electron chi connectivity index (χ1n) is 11.6. The van der Waals surface area contributed by atoms with E-state index in [0.717, 1.165) is 0 Å². The molecule has 0 radical (unpaired) electrons. The summed E-state index contributed by atoms with van der Waals surface area (Å²) in [6, 6.07) is -1.74. The number of nitrogens with two attached hydrogens (primary N) is 3. The predicted octanol–water partition coefficient (Wildman–Crippen LogP) is -9.33. The van der Waals surface area contributed by atoms with Gasteiger partial charge in [-0.3, -0.25) is 0 Å². The van der Waals surface area contributed by atoms with E-state index in [1.807, 2.05) is 0 Å². The highest BCUT2D eigenvalue weighted by atomic mass is 16.7. The van der Waals surface area contributed by atoms with Crippen molar-refractivity contribution in [2.75, 3.05) is 20.3 Å². The van der Waals surface area contributed by atoms with E-state index in [-0.39, 0.29) is 12.6 Å². The quantitative estimate of drug-likeness (QED) is 0.0894. The molecule has 35 heavy (non-hydrogen) atoms. The Morgan fingerprint density at radius 2 is 1.71 bits per heavy atom. The lowest BCUT2D eigenvalue weighted by molar-refractivity contribution is -0.695. The fourth-order valence-electron chi connectivity index (χ4n) is 4.80. The Balaban J connectivity index is 0.00000137. The van der Waals surface area contributed by atoms with E-state index in [9.17, 15) is 30.6 Å². The molecule has 2 saturated heterocycles. The zero-order chi connectivity index (χ0) is 26.5. The number of hydrogen-bond donors (Lipinski definition) is 11. The van der Waals surface area contributed by atoms with Crippen molar-refractivity contribution in [3.8, 4) is 0 Å². The highest BCUT2D eigenvalue weighted by Gasteiger charge is 2.53. The van der Waals surface area contributed by atoms with Gasteiger partial charge in [0.2, 0.25) is 6.29 Å². The van der Waals surface area contributed by atoms with Crippen molar-refractivity contribution in [3.05, 3.63) is 0 Å². The van der Waals surface area contributed by atoms with Gasteiger partial charge in [-0.2, -0.15) is 11.4 Å². The van der Waals surface area contributed by atoms with Crippen LogP contribution in [0.25, 0.3) is 0 Å². The highest BCUT2D eigenvalue weighted by Crippen LogP contribution is 2.30. The molecule has 2 aliphatic heterocycles. The summed E-state index contributed by atoms with van der Waals surface area (Å²) in [7, 11) is 1.73. The van der Waals surface area contributed by atoms with Gasteiger partial charge in [-0.1, -0.05) is 0 Å².